The molecule has 128 valence electrons. The normalized spacial score (nSPS) is 10.6. The number of nitro groups is 1. The summed E-state index contributed by atoms with van der Waals surface area (Å²) in [6.07, 6.45) is 1.57. The fourth-order valence-corrected chi connectivity index (χ4v) is 3.28. The van der Waals surface area contributed by atoms with Crippen molar-refractivity contribution < 1.29 is 14.1 Å². The van der Waals surface area contributed by atoms with E-state index in [0.29, 0.717) is 30.0 Å². The lowest BCUT2D eigenvalue weighted by atomic mass is 10.1. The van der Waals surface area contributed by atoms with Crippen molar-refractivity contribution >= 4 is 22.9 Å². The van der Waals surface area contributed by atoms with Crippen LogP contribution in [0.4, 0.5) is 5.69 Å². The molecule has 0 fully saturated rings. The Morgan fingerprint density at radius 2 is 2.08 bits per heavy atom. The molecule has 2 aromatic heterocycles. The van der Waals surface area contributed by atoms with Crippen molar-refractivity contribution in [3.63, 3.8) is 0 Å². The van der Waals surface area contributed by atoms with Crippen molar-refractivity contribution in [3.05, 3.63) is 86.0 Å². The van der Waals surface area contributed by atoms with E-state index in [1.165, 1.54) is 12.1 Å². The molecule has 0 aliphatic heterocycles. The van der Waals surface area contributed by atoms with Gasteiger partial charge in [-0.05, 0) is 42.6 Å². The number of aryl methyl sites for hydroxylation is 1. The molecule has 6 nitrogen and oxygen atoms in total. The number of carbonyl (C=O) groups excluding carboxylic acids is 1. The lowest BCUT2D eigenvalue weighted by Gasteiger charge is -2.21. The number of nitro benzene ring substituents is 1. The Hall–Kier alpha value is -2.93. The van der Waals surface area contributed by atoms with Gasteiger partial charge in [-0.3, -0.25) is 14.9 Å². The van der Waals surface area contributed by atoms with Crippen LogP contribution in [0.25, 0.3) is 0 Å². The zero-order valence-corrected chi connectivity index (χ0v) is 14.4. The Morgan fingerprint density at radius 3 is 2.68 bits per heavy atom. The highest BCUT2D eigenvalue weighted by atomic mass is 32.1. The van der Waals surface area contributed by atoms with Crippen LogP contribution in [0.1, 0.15) is 26.6 Å². The maximum atomic E-state index is 12.9. The molecule has 3 rings (SSSR count). The predicted molar refractivity (Wildman–Crippen MR) is 94.4 cm³/mol. The quantitative estimate of drug-likeness (QED) is 0.484. The topological polar surface area (TPSA) is 76.6 Å². The second-order valence-corrected chi connectivity index (χ2v) is 6.61. The number of rotatable bonds is 6. The third-order valence-electron chi connectivity index (χ3n) is 3.78. The van der Waals surface area contributed by atoms with Crippen LogP contribution in [-0.4, -0.2) is 15.7 Å². The van der Waals surface area contributed by atoms with E-state index >= 15 is 0 Å². The minimum atomic E-state index is -0.449. The molecule has 0 atom stereocenters. The van der Waals surface area contributed by atoms with Crippen LogP contribution in [0, 0.1) is 17.0 Å². The smallest absolute Gasteiger partial charge is 0.272 e. The van der Waals surface area contributed by atoms with Gasteiger partial charge in [0.05, 0.1) is 24.3 Å². The van der Waals surface area contributed by atoms with Crippen molar-refractivity contribution in [2.45, 2.75) is 20.0 Å². The van der Waals surface area contributed by atoms with Crippen molar-refractivity contribution in [2.24, 2.45) is 0 Å². The van der Waals surface area contributed by atoms with Gasteiger partial charge in [-0.25, -0.2) is 0 Å². The Balaban J connectivity index is 1.87. The molecule has 2 heterocycles. The first-order valence-electron chi connectivity index (χ1n) is 7.63. The average molecular weight is 356 g/mol. The first-order chi connectivity index (χ1) is 12.0. The molecule has 0 radical (unpaired) electrons. The van der Waals surface area contributed by atoms with E-state index < -0.39 is 4.92 Å². The van der Waals surface area contributed by atoms with Crippen molar-refractivity contribution in [3.8, 4) is 0 Å². The van der Waals surface area contributed by atoms with E-state index in [1.54, 1.807) is 41.6 Å². The van der Waals surface area contributed by atoms with Crippen LogP contribution in [0.3, 0.4) is 0 Å². The molecule has 0 aliphatic rings. The van der Waals surface area contributed by atoms with Crippen molar-refractivity contribution in [2.75, 3.05) is 0 Å². The van der Waals surface area contributed by atoms with Gasteiger partial charge in [0, 0.05) is 22.1 Å². The van der Waals surface area contributed by atoms with E-state index in [4.69, 9.17) is 4.42 Å². The minimum Gasteiger partial charge on any atom is -0.467 e. The molecule has 25 heavy (non-hydrogen) atoms. The molecule has 0 N–H and O–H groups in total. The molecule has 0 aliphatic carbocycles. The fourth-order valence-electron chi connectivity index (χ4n) is 2.56. The molecule has 0 saturated heterocycles. The molecule has 3 aromatic rings. The summed E-state index contributed by atoms with van der Waals surface area (Å²) in [5, 5.41) is 12.9. The molecule has 0 bridgehead atoms. The summed E-state index contributed by atoms with van der Waals surface area (Å²) in [4.78, 5) is 26.2. The Bertz CT molecular complexity index is 836. The van der Waals surface area contributed by atoms with Crippen LogP contribution in [0.2, 0.25) is 0 Å². The largest absolute Gasteiger partial charge is 0.467 e. The summed E-state index contributed by atoms with van der Waals surface area (Å²) in [5.74, 6) is 0.492. The number of hydrogen-bond acceptors (Lipinski definition) is 5. The molecule has 0 saturated carbocycles. The van der Waals surface area contributed by atoms with Crippen molar-refractivity contribution in [1.29, 1.82) is 0 Å². The number of furan rings is 1. The average Bonchev–Trinajstić information content (AvgIpc) is 3.27. The summed E-state index contributed by atoms with van der Waals surface area (Å²) in [6.45, 7) is 2.41. The first kappa shape index (κ1) is 16.9. The number of nitrogens with zero attached hydrogens (tertiary/aromatic N) is 2. The minimum absolute atomic E-state index is 0.00684. The third kappa shape index (κ3) is 3.95. The van der Waals surface area contributed by atoms with Gasteiger partial charge in [-0.1, -0.05) is 6.07 Å². The van der Waals surface area contributed by atoms with Gasteiger partial charge in [0.2, 0.25) is 0 Å². The number of hydrogen-bond donors (Lipinski definition) is 0. The highest BCUT2D eigenvalue weighted by molar-refractivity contribution is 7.09. The zero-order valence-electron chi connectivity index (χ0n) is 13.5. The lowest BCUT2D eigenvalue weighted by molar-refractivity contribution is -0.385. The molecule has 1 aromatic carbocycles. The molecule has 0 unspecified atom stereocenters. The summed E-state index contributed by atoms with van der Waals surface area (Å²) in [7, 11) is 0. The molecule has 1 amide bonds. The zero-order chi connectivity index (χ0) is 17.8. The van der Waals surface area contributed by atoms with Crippen LogP contribution in [0.15, 0.2) is 58.5 Å². The highest BCUT2D eigenvalue weighted by Gasteiger charge is 2.20. The van der Waals surface area contributed by atoms with Crippen molar-refractivity contribution in [1.82, 2.24) is 4.90 Å². The predicted octanol–water partition coefficient (Wildman–Crippen LogP) is 4.40. The van der Waals surface area contributed by atoms with Gasteiger partial charge in [0.25, 0.3) is 11.6 Å². The summed E-state index contributed by atoms with van der Waals surface area (Å²) < 4.78 is 5.36. The monoisotopic (exact) mass is 356 g/mol. The van der Waals surface area contributed by atoms with Gasteiger partial charge in [-0.2, -0.15) is 0 Å². The highest BCUT2D eigenvalue weighted by Crippen LogP contribution is 2.22. The lowest BCUT2D eigenvalue weighted by Crippen LogP contribution is -2.29. The van der Waals surface area contributed by atoms with Gasteiger partial charge < -0.3 is 9.32 Å². The van der Waals surface area contributed by atoms with Crippen LogP contribution in [0.5, 0.6) is 0 Å². The van der Waals surface area contributed by atoms with E-state index in [2.05, 4.69) is 0 Å². The van der Waals surface area contributed by atoms with E-state index in [-0.39, 0.29) is 11.6 Å². The van der Waals surface area contributed by atoms with E-state index in [1.807, 2.05) is 23.6 Å². The standard InChI is InChI=1S/C18H16N2O4S/c1-13-10-14(6-7-17(13)20(22)23)18(21)19(11-15-4-2-8-24-15)12-16-5-3-9-25-16/h2-10H,11-12H2,1H3. The van der Waals surface area contributed by atoms with E-state index in [9.17, 15) is 14.9 Å². The number of benzene rings is 1. The van der Waals surface area contributed by atoms with Gasteiger partial charge in [0.1, 0.15) is 5.76 Å². The molecular formula is C18H16N2O4S. The molecular weight excluding hydrogens is 340 g/mol. The second kappa shape index (κ2) is 7.31. The summed E-state index contributed by atoms with van der Waals surface area (Å²) >= 11 is 1.57. The molecule has 7 heteroatoms. The number of carbonyl (C=O) groups is 1. The fraction of sp³-hybridized carbons (Fsp3) is 0.167. The number of amides is 1. The third-order valence-corrected chi connectivity index (χ3v) is 4.64. The summed E-state index contributed by atoms with van der Waals surface area (Å²) in [5.41, 5.74) is 0.892. The van der Waals surface area contributed by atoms with E-state index in [0.717, 1.165) is 4.88 Å². The SMILES string of the molecule is Cc1cc(C(=O)N(Cc2ccco2)Cc2cccs2)ccc1[N+](=O)[O-]. The molecule has 0 spiro atoms. The second-order valence-electron chi connectivity index (χ2n) is 5.58. The van der Waals surface area contributed by atoms with Crippen LogP contribution in [-0.2, 0) is 13.1 Å². The van der Waals surface area contributed by atoms with Gasteiger partial charge in [0.15, 0.2) is 0 Å². The Labute approximate surface area is 148 Å². The Morgan fingerprint density at radius 1 is 1.24 bits per heavy atom. The maximum Gasteiger partial charge on any atom is 0.272 e. The summed E-state index contributed by atoms with van der Waals surface area (Å²) in [6, 6.07) is 11.9. The van der Waals surface area contributed by atoms with Crippen LogP contribution >= 0.6 is 11.3 Å². The van der Waals surface area contributed by atoms with Gasteiger partial charge in [-0.15, -0.1) is 11.3 Å². The maximum absolute atomic E-state index is 12.9. The first-order valence-corrected chi connectivity index (χ1v) is 8.51. The number of thiophene rings is 1. The Kier molecular flexibility index (Phi) is 4.95. The van der Waals surface area contributed by atoms with Crippen LogP contribution < -0.4 is 0 Å². The van der Waals surface area contributed by atoms with Gasteiger partial charge >= 0.3 is 0 Å².